The zero-order chi connectivity index (χ0) is 13.7. The monoisotopic (exact) mass is 259 g/mol. The Labute approximate surface area is 116 Å². The molecule has 3 atom stereocenters. The first-order valence-corrected chi connectivity index (χ1v) is 7.26. The number of rotatable bonds is 6. The molecule has 3 heteroatoms. The van der Waals surface area contributed by atoms with Gasteiger partial charge in [0.2, 0.25) is 0 Å². The van der Waals surface area contributed by atoms with Gasteiger partial charge in [-0.05, 0) is 31.2 Å². The fourth-order valence-electron chi connectivity index (χ4n) is 2.67. The van der Waals surface area contributed by atoms with Crippen molar-refractivity contribution in [2.24, 2.45) is 5.92 Å². The largest absolute Gasteiger partial charge is 0.371 e. The molecule has 0 saturated carbocycles. The lowest BCUT2D eigenvalue weighted by Crippen LogP contribution is -2.32. The van der Waals surface area contributed by atoms with Gasteiger partial charge in [0.05, 0.1) is 5.84 Å². The normalized spacial score (nSPS) is 24.2. The molecule has 1 unspecified atom stereocenters. The Hall–Kier alpha value is -1.35. The molecule has 0 aromatic heterocycles. The maximum atomic E-state index is 7.66. The van der Waals surface area contributed by atoms with Crippen LogP contribution in [0, 0.1) is 11.3 Å². The fourth-order valence-corrected chi connectivity index (χ4v) is 2.67. The number of benzene rings is 1. The minimum atomic E-state index is 0.494. The highest BCUT2D eigenvalue weighted by molar-refractivity contribution is 5.81. The van der Waals surface area contributed by atoms with Crippen molar-refractivity contribution in [1.82, 2.24) is 10.6 Å². The minimum absolute atomic E-state index is 0.494. The molecule has 0 bridgehead atoms. The van der Waals surface area contributed by atoms with Crippen LogP contribution in [0.2, 0.25) is 0 Å². The molecule has 1 aromatic rings. The lowest BCUT2D eigenvalue weighted by atomic mass is 9.97. The molecule has 3 nitrogen and oxygen atoms in total. The molecule has 19 heavy (non-hydrogen) atoms. The highest BCUT2D eigenvalue weighted by Crippen LogP contribution is 2.20. The molecule has 1 fully saturated rings. The molecule has 0 radical (unpaired) electrons. The third-order valence-electron chi connectivity index (χ3n) is 3.98. The average molecular weight is 259 g/mol. The molecule has 0 aliphatic carbocycles. The fraction of sp³-hybridized carbons (Fsp3) is 0.562. The summed E-state index contributed by atoms with van der Waals surface area (Å²) in [5, 5.41) is 14.5. The van der Waals surface area contributed by atoms with Crippen LogP contribution in [-0.4, -0.2) is 17.9 Å². The van der Waals surface area contributed by atoms with Gasteiger partial charge in [0.1, 0.15) is 0 Å². The molecule has 2 rings (SSSR count). The molecule has 1 aliphatic heterocycles. The van der Waals surface area contributed by atoms with E-state index in [1.807, 2.05) is 0 Å². The molecule has 0 amide bonds. The molecule has 104 valence electrons. The summed E-state index contributed by atoms with van der Waals surface area (Å²) in [7, 11) is 0. The second-order valence-electron chi connectivity index (χ2n) is 5.76. The Morgan fingerprint density at radius 3 is 2.74 bits per heavy atom. The van der Waals surface area contributed by atoms with Crippen molar-refractivity contribution < 1.29 is 0 Å². The van der Waals surface area contributed by atoms with E-state index in [9.17, 15) is 0 Å². The van der Waals surface area contributed by atoms with Gasteiger partial charge < -0.3 is 10.6 Å². The summed E-state index contributed by atoms with van der Waals surface area (Å²) < 4.78 is 0. The van der Waals surface area contributed by atoms with Crippen LogP contribution in [0.3, 0.4) is 0 Å². The zero-order valence-electron chi connectivity index (χ0n) is 11.9. The van der Waals surface area contributed by atoms with E-state index in [0.717, 1.165) is 25.8 Å². The van der Waals surface area contributed by atoms with Crippen LogP contribution in [-0.2, 0) is 6.54 Å². The van der Waals surface area contributed by atoms with Crippen molar-refractivity contribution in [3.05, 3.63) is 35.9 Å². The maximum Gasteiger partial charge on any atom is 0.0937 e. The molecule has 1 heterocycles. The Morgan fingerprint density at radius 1 is 1.37 bits per heavy atom. The second-order valence-corrected chi connectivity index (χ2v) is 5.76. The second kappa shape index (κ2) is 6.71. The summed E-state index contributed by atoms with van der Waals surface area (Å²) >= 11 is 0. The van der Waals surface area contributed by atoms with Gasteiger partial charge in [-0.2, -0.15) is 0 Å². The molecule has 1 aliphatic rings. The van der Waals surface area contributed by atoms with E-state index < -0.39 is 0 Å². The van der Waals surface area contributed by atoms with E-state index in [4.69, 9.17) is 5.41 Å². The first kappa shape index (κ1) is 14.1. The van der Waals surface area contributed by atoms with Crippen LogP contribution in [0.5, 0.6) is 0 Å². The highest BCUT2D eigenvalue weighted by atomic mass is 15.0. The Bertz CT molecular complexity index is 402. The molecular weight excluding hydrogens is 234 g/mol. The van der Waals surface area contributed by atoms with Gasteiger partial charge in [0.25, 0.3) is 0 Å². The zero-order valence-corrected chi connectivity index (χ0v) is 11.9. The third-order valence-corrected chi connectivity index (χ3v) is 3.98. The molecule has 3 N–H and O–H groups in total. The van der Waals surface area contributed by atoms with Gasteiger partial charge in [-0.1, -0.05) is 37.3 Å². The van der Waals surface area contributed by atoms with Gasteiger partial charge in [0.15, 0.2) is 0 Å². The van der Waals surface area contributed by atoms with Crippen LogP contribution in [0.25, 0.3) is 0 Å². The predicted octanol–water partition coefficient (Wildman–Crippen LogP) is 2.92. The van der Waals surface area contributed by atoms with E-state index >= 15 is 0 Å². The van der Waals surface area contributed by atoms with E-state index in [1.165, 1.54) is 5.56 Å². The summed E-state index contributed by atoms with van der Waals surface area (Å²) in [6.07, 6.45) is 3.21. The van der Waals surface area contributed by atoms with Crippen molar-refractivity contribution in [1.29, 1.82) is 5.41 Å². The van der Waals surface area contributed by atoms with Crippen LogP contribution in [0.15, 0.2) is 30.3 Å². The van der Waals surface area contributed by atoms with Crippen LogP contribution < -0.4 is 10.6 Å². The Balaban J connectivity index is 1.67. The molecule has 1 saturated heterocycles. The van der Waals surface area contributed by atoms with Crippen molar-refractivity contribution in [3.8, 4) is 0 Å². The highest BCUT2D eigenvalue weighted by Gasteiger charge is 2.26. The van der Waals surface area contributed by atoms with E-state index in [-0.39, 0.29) is 0 Å². The maximum absolute atomic E-state index is 7.66. The van der Waals surface area contributed by atoms with E-state index in [0.29, 0.717) is 23.8 Å². The number of hydrogen-bond donors (Lipinski definition) is 3. The summed E-state index contributed by atoms with van der Waals surface area (Å²) in [6, 6.07) is 11.5. The smallest absolute Gasteiger partial charge is 0.0937 e. The topological polar surface area (TPSA) is 47.9 Å². The number of amidine groups is 1. The van der Waals surface area contributed by atoms with Crippen LogP contribution >= 0.6 is 0 Å². The van der Waals surface area contributed by atoms with Gasteiger partial charge in [-0.3, -0.25) is 5.41 Å². The van der Waals surface area contributed by atoms with Crippen LogP contribution in [0.4, 0.5) is 0 Å². The van der Waals surface area contributed by atoms with Crippen molar-refractivity contribution in [2.45, 2.75) is 51.7 Å². The van der Waals surface area contributed by atoms with Crippen molar-refractivity contribution in [3.63, 3.8) is 0 Å². The van der Waals surface area contributed by atoms with Gasteiger partial charge >= 0.3 is 0 Å². The lowest BCUT2D eigenvalue weighted by molar-refractivity contribution is 0.403. The molecule has 1 aromatic carbocycles. The lowest BCUT2D eigenvalue weighted by Gasteiger charge is -2.19. The number of nitrogens with one attached hydrogen (secondary N) is 3. The summed E-state index contributed by atoms with van der Waals surface area (Å²) in [4.78, 5) is 0. The first-order chi connectivity index (χ1) is 9.15. The van der Waals surface area contributed by atoms with Gasteiger partial charge in [-0.15, -0.1) is 0 Å². The first-order valence-electron chi connectivity index (χ1n) is 7.26. The van der Waals surface area contributed by atoms with Crippen molar-refractivity contribution in [2.75, 3.05) is 0 Å². The molecule has 0 spiro atoms. The minimum Gasteiger partial charge on any atom is -0.371 e. The summed E-state index contributed by atoms with van der Waals surface area (Å²) in [5.74, 6) is 1.32. The van der Waals surface area contributed by atoms with E-state index in [1.54, 1.807) is 0 Å². The quantitative estimate of drug-likeness (QED) is 0.735. The summed E-state index contributed by atoms with van der Waals surface area (Å²) in [6.45, 7) is 5.42. The standard InChI is InChI=1S/C16H25N3/c1-12-10-16(17)19-15(12)9-8-13(2)18-11-14-6-4-3-5-7-14/h3-7,12-13,15,18H,8-11H2,1-2H3,(H2,17,19)/t12-,13?,15+/m0/s1. The van der Waals surface area contributed by atoms with Crippen LogP contribution in [0.1, 0.15) is 38.7 Å². The van der Waals surface area contributed by atoms with Crippen molar-refractivity contribution >= 4 is 5.84 Å². The number of hydrogen-bond acceptors (Lipinski definition) is 2. The van der Waals surface area contributed by atoms with E-state index in [2.05, 4.69) is 54.8 Å². The average Bonchev–Trinajstić information content (AvgIpc) is 2.73. The third kappa shape index (κ3) is 4.35. The Kier molecular flexibility index (Phi) is 4.97. The predicted molar refractivity (Wildman–Crippen MR) is 80.4 cm³/mol. The SMILES string of the molecule is CC(CC[C@H]1NC(=N)C[C@@H]1C)NCc1ccccc1. The summed E-state index contributed by atoms with van der Waals surface area (Å²) in [5.41, 5.74) is 1.34. The van der Waals surface area contributed by atoms with Gasteiger partial charge in [-0.25, -0.2) is 0 Å². The molecular formula is C16H25N3. The Morgan fingerprint density at radius 2 is 2.11 bits per heavy atom. The van der Waals surface area contributed by atoms with Gasteiger partial charge in [0, 0.05) is 25.0 Å².